The molecule has 0 aliphatic rings. The molecule has 0 aliphatic heterocycles. The smallest absolute Gasteiger partial charge is 0.744 e. The Labute approximate surface area is 200 Å². The molecular weight excluding hydrogens is 461 g/mol. The Balaban J connectivity index is 0.00000363. The van der Waals surface area contributed by atoms with Crippen molar-refractivity contribution in [1.82, 2.24) is 0 Å². The number of hydrogen-bond acceptors (Lipinski definition) is 12. The van der Waals surface area contributed by atoms with Gasteiger partial charge in [0.25, 0.3) is 5.69 Å². The number of nitrogen functional groups attached to an aromatic ring is 1. The molecule has 0 heterocycles. The van der Waals surface area contributed by atoms with Gasteiger partial charge in [-0.2, -0.15) is 0 Å². The number of aromatic hydroxyl groups is 2. The van der Waals surface area contributed by atoms with Crippen LogP contribution in [0.4, 0.5) is 28.4 Å². The van der Waals surface area contributed by atoms with E-state index in [1.165, 1.54) is 0 Å². The molecule has 0 saturated carbocycles. The van der Waals surface area contributed by atoms with Crippen molar-refractivity contribution in [2.24, 2.45) is 10.2 Å². The monoisotopic (exact) mass is 471 g/mol. The molecule has 0 amide bonds. The third kappa shape index (κ3) is 4.61. The number of anilines is 1. The molecular formula is C16H10N5NaO9S. The van der Waals surface area contributed by atoms with Crippen molar-refractivity contribution in [2.75, 3.05) is 5.73 Å². The van der Waals surface area contributed by atoms with E-state index in [1.807, 2.05) is 0 Å². The quantitative estimate of drug-likeness (QED) is 0.112. The van der Waals surface area contributed by atoms with Crippen molar-refractivity contribution < 1.29 is 62.6 Å². The fourth-order valence-electron chi connectivity index (χ4n) is 2.73. The number of azo groups is 1. The first-order valence-corrected chi connectivity index (χ1v) is 9.40. The summed E-state index contributed by atoms with van der Waals surface area (Å²) in [7, 11) is -4.89. The van der Waals surface area contributed by atoms with Crippen LogP contribution in [0.5, 0.6) is 11.5 Å². The SMILES string of the molecule is Nc1ccc(S(=O)(=O)[O-])c2ccc(N=Nc3cc([N+](=O)[O-])cc([N+](=O)[O-])c3O)c(O)c12.[Na+]. The maximum Gasteiger partial charge on any atom is 1.00 e. The Bertz CT molecular complexity index is 1410. The molecule has 4 N–H and O–H groups in total. The summed E-state index contributed by atoms with van der Waals surface area (Å²) in [5, 5.41) is 49.1. The van der Waals surface area contributed by atoms with Crippen LogP contribution in [-0.4, -0.2) is 33.0 Å². The van der Waals surface area contributed by atoms with Crippen LogP contribution in [0.3, 0.4) is 0 Å². The van der Waals surface area contributed by atoms with Crippen molar-refractivity contribution in [2.45, 2.75) is 4.90 Å². The Morgan fingerprint density at radius 3 is 2.09 bits per heavy atom. The molecule has 0 fully saturated rings. The molecule has 0 aliphatic carbocycles. The van der Waals surface area contributed by atoms with Gasteiger partial charge >= 0.3 is 35.2 Å². The number of rotatable bonds is 5. The normalized spacial score (nSPS) is 11.4. The molecule has 0 spiro atoms. The zero-order valence-corrected chi connectivity index (χ0v) is 18.8. The molecule has 0 unspecified atom stereocenters. The first-order valence-electron chi connectivity index (χ1n) is 7.99. The number of nitrogens with zero attached hydrogens (tertiary/aromatic N) is 4. The molecule has 160 valence electrons. The zero-order chi connectivity index (χ0) is 23.1. The van der Waals surface area contributed by atoms with Crippen LogP contribution in [0.2, 0.25) is 0 Å². The molecule has 0 atom stereocenters. The van der Waals surface area contributed by atoms with E-state index < -0.39 is 53.4 Å². The van der Waals surface area contributed by atoms with Crippen LogP contribution in [0.1, 0.15) is 0 Å². The Kier molecular flexibility index (Phi) is 7.01. The van der Waals surface area contributed by atoms with E-state index in [2.05, 4.69) is 10.2 Å². The summed E-state index contributed by atoms with van der Waals surface area (Å²) in [5.41, 5.74) is 2.98. The molecule has 0 radical (unpaired) electrons. The molecule has 3 aromatic rings. The summed E-state index contributed by atoms with van der Waals surface area (Å²) in [6.07, 6.45) is 0. The number of hydrogen-bond donors (Lipinski definition) is 3. The number of phenolic OH excluding ortho intramolecular Hbond substituents is 2. The minimum atomic E-state index is -4.89. The molecule has 16 heteroatoms. The summed E-state index contributed by atoms with van der Waals surface area (Å²) in [5.74, 6) is -1.68. The fourth-order valence-corrected chi connectivity index (χ4v) is 3.41. The number of nitrogens with two attached hydrogens (primary N) is 1. The molecule has 0 bridgehead atoms. The van der Waals surface area contributed by atoms with Crippen molar-refractivity contribution in [3.63, 3.8) is 0 Å². The molecule has 3 aromatic carbocycles. The number of phenols is 2. The topological polar surface area (TPSA) is 235 Å². The van der Waals surface area contributed by atoms with Crippen LogP contribution in [-0.2, 0) is 10.1 Å². The minimum Gasteiger partial charge on any atom is -0.744 e. The summed E-state index contributed by atoms with van der Waals surface area (Å²) in [4.78, 5) is 19.3. The average molecular weight is 471 g/mol. The van der Waals surface area contributed by atoms with E-state index in [0.29, 0.717) is 6.07 Å². The molecule has 0 saturated heterocycles. The van der Waals surface area contributed by atoms with Crippen molar-refractivity contribution in [1.29, 1.82) is 0 Å². The van der Waals surface area contributed by atoms with Gasteiger partial charge in [0.15, 0.2) is 5.75 Å². The number of non-ortho nitro benzene ring substituents is 1. The Morgan fingerprint density at radius 2 is 1.53 bits per heavy atom. The van der Waals surface area contributed by atoms with Gasteiger partial charge in [0.1, 0.15) is 21.5 Å². The first-order chi connectivity index (χ1) is 14.4. The number of nitro benzene ring substituents is 2. The van der Waals surface area contributed by atoms with Crippen LogP contribution >= 0.6 is 0 Å². The predicted molar refractivity (Wildman–Crippen MR) is 104 cm³/mol. The molecule has 3 rings (SSSR count). The summed E-state index contributed by atoms with van der Waals surface area (Å²) < 4.78 is 34.3. The second kappa shape index (κ2) is 9.01. The van der Waals surface area contributed by atoms with Gasteiger partial charge in [-0.25, -0.2) is 8.42 Å². The number of benzene rings is 3. The van der Waals surface area contributed by atoms with Crippen LogP contribution in [0.15, 0.2) is 51.5 Å². The fraction of sp³-hybridized carbons (Fsp3) is 0. The predicted octanol–water partition coefficient (Wildman–Crippen LogP) is -0.0269. The van der Waals surface area contributed by atoms with Crippen LogP contribution in [0.25, 0.3) is 10.8 Å². The first kappa shape index (κ1) is 24.9. The third-order valence-electron chi connectivity index (χ3n) is 4.12. The van der Waals surface area contributed by atoms with E-state index in [4.69, 9.17) is 5.73 Å². The van der Waals surface area contributed by atoms with Crippen LogP contribution in [0, 0.1) is 20.2 Å². The van der Waals surface area contributed by atoms with Gasteiger partial charge in [0.05, 0.1) is 26.2 Å². The van der Waals surface area contributed by atoms with Gasteiger partial charge in [-0.3, -0.25) is 20.2 Å². The second-order valence-corrected chi connectivity index (χ2v) is 7.36. The maximum atomic E-state index is 11.4. The van der Waals surface area contributed by atoms with Gasteiger partial charge in [-0.1, -0.05) is 6.07 Å². The summed E-state index contributed by atoms with van der Waals surface area (Å²) in [6, 6.07) is 5.51. The van der Waals surface area contributed by atoms with E-state index in [1.54, 1.807) is 0 Å². The van der Waals surface area contributed by atoms with Crippen LogP contribution < -0.4 is 35.3 Å². The van der Waals surface area contributed by atoms with Gasteiger partial charge in [-0.15, -0.1) is 10.2 Å². The van der Waals surface area contributed by atoms with Crippen molar-refractivity contribution >= 4 is 49.3 Å². The molecule has 0 aromatic heterocycles. The maximum absolute atomic E-state index is 11.4. The number of nitro groups is 2. The van der Waals surface area contributed by atoms with Gasteiger partial charge in [0.2, 0.25) is 5.75 Å². The van der Waals surface area contributed by atoms with Gasteiger partial charge in [-0.05, 0) is 18.2 Å². The van der Waals surface area contributed by atoms with Gasteiger partial charge in [0, 0.05) is 17.1 Å². The van der Waals surface area contributed by atoms with Gasteiger partial charge < -0.3 is 20.5 Å². The van der Waals surface area contributed by atoms with Crippen molar-refractivity contribution in [3.8, 4) is 11.5 Å². The summed E-state index contributed by atoms with van der Waals surface area (Å²) >= 11 is 0. The van der Waals surface area contributed by atoms with E-state index in [-0.39, 0.29) is 51.7 Å². The van der Waals surface area contributed by atoms with Crippen molar-refractivity contribution in [3.05, 3.63) is 56.6 Å². The van der Waals surface area contributed by atoms with E-state index in [0.717, 1.165) is 30.3 Å². The Hall–Kier alpha value is -3.37. The summed E-state index contributed by atoms with van der Waals surface area (Å²) in [6.45, 7) is 0. The Morgan fingerprint density at radius 1 is 0.906 bits per heavy atom. The standard InChI is InChI=1S/C16H11N5O9S.Na/c17-9-2-4-13(31(28,29)30)8-1-3-10(16(23)14(8)9)18-19-11-5-7(20(24)25)6-12(15(11)22)21(26)27;/h1-6,22-23H,17H2,(H,28,29,30);/q;+1/p-1. The third-order valence-corrected chi connectivity index (χ3v) is 5.02. The van der Waals surface area contributed by atoms with E-state index in [9.17, 15) is 43.4 Å². The number of fused-ring (bicyclic) bond motifs is 1. The van der Waals surface area contributed by atoms with E-state index >= 15 is 0 Å². The molecule has 32 heavy (non-hydrogen) atoms. The second-order valence-electron chi connectivity index (χ2n) is 6.01. The largest absolute Gasteiger partial charge is 1.00 e. The minimum absolute atomic E-state index is 0. The molecule has 14 nitrogen and oxygen atoms in total. The average Bonchev–Trinajstić information content (AvgIpc) is 2.67. The zero-order valence-electron chi connectivity index (χ0n) is 16.0.